The first-order valence-electron chi connectivity index (χ1n) is 8.07. The van der Waals surface area contributed by atoms with E-state index in [4.69, 9.17) is 9.47 Å². The average Bonchev–Trinajstić information content (AvgIpc) is 3.18. The fourth-order valence-corrected chi connectivity index (χ4v) is 4.04. The molecule has 2 atom stereocenters. The van der Waals surface area contributed by atoms with E-state index in [1.165, 1.54) is 0 Å². The predicted octanol–water partition coefficient (Wildman–Crippen LogP) is 2.63. The summed E-state index contributed by atoms with van der Waals surface area (Å²) >= 11 is 0. The Bertz CT molecular complexity index is 805. The van der Waals surface area contributed by atoms with Crippen molar-refractivity contribution in [3.8, 4) is 11.5 Å². The van der Waals surface area contributed by atoms with Gasteiger partial charge in [0.25, 0.3) is 0 Å². The van der Waals surface area contributed by atoms with E-state index in [0.29, 0.717) is 11.5 Å². The number of amides is 1. The number of hydrogen-bond acceptors (Lipinski definition) is 4. The molecule has 0 radical (unpaired) electrons. The summed E-state index contributed by atoms with van der Waals surface area (Å²) in [4.78, 5) is 12.9. The molecular formula is C19H20N2O3. The van der Waals surface area contributed by atoms with Crippen LogP contribution in [0.1, 0.15) is 23.6 Å². The lowest BCUT2D eigenvalue weighted by Crippen LogP contribution is -2.39. The summed E-state index contributed by atoms with van der Waals surface area (Å²) in [6.07, 6.45) is 0.773. The van der Waals surface area contributed by atoms with E-state index >= 15 is 0 Å². The smallest absolute Gasteiger partial charge is 0.237 e. The summed E-state index contributed by atoms with van der Waals surface area (Å²) in [5.74, 6) is 1.42. The highest BCUT2D eigenvalue weighted by Crippen LogP contribution is 2.51. The van der Waals surface area contributed by atoms with Crippen LogP contribution in [0.25, 0.3) is 0 Å². The highest BCUT2D eigenvalue weighted by molar-refractivity contribution is 6.07. The number of benzene rings is 2. The molecule has 5 heteroatoms. The summed E-state index contributed by atoms with van der Waals surface area (Å²) in [6.45, 7) is 0.792. The molecule has 2 aliphatic heterocycles. The predicted molar refractivity (Wildman–Crippen MR) is 91.7 cm³/mol. The Hall–Kier alpha value is -2.53. The van der Waals surface area contributed by atoms with Crippen LogP contribution in [-0.2, 0) is 10.2 Å². The molecule has 1 amide bonds. The lowest BCUT2D eigenvalue weighted by atomic mass is 9.73. The van der Waals surface area contributed by atoms with Crippen LogP contribution in [0.4, 0.5) is 5.69 Å². The van der Waals surface area contributed by atoms with Gasteiger partial charge in [-0.05, 0) is 42.3 Å². The van der Waals surface area contributed by atoms with Crippen molar-refractivity contribution in [3.63, 3.8) is 0 Å². The fourth-order valence-electron chi connectivity index (χ4n) is 4.04. The number of hydrogen-bond donors (Lipinski definition) is 2. The molecule has 0 aliphatic carbocycles. The molecule has 2 aromatic rings. The van der Waals surface area contributed by atoms with E-state index in [0.717, 1.165) is 29.8 Å². The second-order valence-electron chi connectivity index (χ2n) is 6.22. The zero-order valence-corrected chi connectivity index (χ0v) is 13.8. The first kappa shape index (κ1) is 15.0. The molecule has 0 unspecified atom stereocenters. The van der Waals surface area contributed by atoms with Gasteiger partial charge in [0.15, 0.2) is 11.5 Å². The van der Waals surface area contributed by atoms with Gasteiger partial charge >= 0.3 is 0 Å². The van der Waals surface area contributed by atoms with Gasteiger partial charge in [-0.3, -0.25) is 4.79 Å². The number of methoxy groups -OCH3 is 2. The molecule has 2 heterocycles. The van der Waals surface area contributed by atoms with Gasteiger partial charge in [-0.15, -0.1) is 0 Å². The number of fused-ring (bicyclic) bond motifs is 2. The maximum atomic E-state index is 12.9. The Morgan fingerprint density at radius 1 is 1.08 bits per heavy atom. The summed E-state index contributed by atoms with van der Waals surface area (Å²) in [7, 11) is 3.24. The number of rotatable bonds is 3. The fraction of sp³-hybridized carbons (Fsp3) is 0.316. The van der Waals surface area contributed by atoms with Gasteiger partial charge in [0, 0.05) is 5.69 Å². The van der Waals surface area contributed by atoms with Gasteiger partial charge in [0.2, 0.25) is 5.91 Å². The van der Waals surface area contributed by atoms with Crippen molar-refractivity contribution >= 4 is 11.6 Å². The number of para-hydroxylation sites is 1. The quantitative estimate of drug-likeness (QED) is 0.911. The highest BCUT2D eigenvalue weighted by atomic mass is 16.5. The van der Waals surface area contributed by atoms with E-state index in [-0.39, 0.29) is 11.9 Å². The van der Waals surface area contributed by atoms with Gasteiger partial charge in [-0.25, -0.2) is 0 Å². The maximum Gasteiger partial charge on any atom is 0.237 e. The van der Waals surface area contributed by atoms with Crippen LogP contribution in [-0.4, -0.2) is 26.7 Å². The van der Waals surface area contributed by atoms with Crippen LogP contribution in [0.3, 0.4) is 0 Å². The number of anilines is 1. The zero-order chi connectivity index (χ0) is 16.7. The number of nitrogens with one attached hydrogen (secondary N) is 2. The first-order valence-corrected chi connectivity index (χ1v) is 8.07. The molecule has 1 spiro atoms. The van der Waals surface area contributed by atoms with Gasteiger partial charge in [-0.1, -0.05) is 24.3 Å². The van der Waals surface area contributed by atoms with Crippen LogP contribution in [0.2, 0.25) is 0 Å². The molecule has 1 saturated heterocycles. The molecule has 1 fully saturated rings. The van der Waals surface area contributed by atoms with E-state index in [2.05, 4.69) is 10.6 Å². The van der Waals surface area contributed by atoms with Crippen molar-refractivity contribution in [1.82, 2.24) is 5.32 Å². The lowest BCUT2D eigenvalue weighted by Gasteiger charge is -2.29. The van der Waals surface area contributed by atoms with E-state index in [1.54, 1.807) is 14.2 Å². The van der Waals surface area contributed by atoms with Gasteiger partial charge in [0.1, 0.15) is 0 Å². The van der Waals surface area contributed by atoms with Gasteiger partial charge < -0.3 is 20.1 Å². The van der Waals surface area contributed by atoms with Crippen molar-refractivity contribution in [2.75, 3.05) is 26.1 Å². The van der Waals surface area contributed by atoms with Crippen LogP contribution in [0, 0.1) is 0 Å². The normalized spacial score (nSPS) is 24.8. The minimum atomic E-state index is -0.573. The van der Waals surface area contributed by atoms with Crippen molar-refractivity contribution in [2.45, 2.75) is 17.9 Å². The second kappa shape index (κ2) is 5.53. The minimum Gasteiger partial charge on any atom is -0.493 e. The third-order valence-electron chi connectivity index (χ3n) is 5.16. The molecule has 24 heavy (non-hydrogen) atoms. The van der Waals surface area contributed by atoms with Crippen LogP contribution in [0.15, 0.2) is 42.5 Å². The third kappa shape index (κ3) is 1.94. The monoisotopic (exact) mass is 324 g/mol. The topological polar surface area (TPSA) is 59.6 Å². The van der Waals surface area contributed by atoms with E-state index in [9.17, 15) is 4.79 Å². The van der Waals surface area contributed by atoms with Crippen molar-refractivity contribution in [2.24, 2.45) is 0 Å². The summed E-state index contributed by atoms with van der Waals surface area (Å²) < 4.78 is 10.8. The van der Waals surface area contributed by atoms with Crippen LogP contribution < -0.4 is 20.1 Å². The molecule has 0 aromatic heterocycles. The molecule has 0 bridgehead atoms. The van der Waals surface area contributed by atoms with E-state index in [1.807, 2.05) is 42.5 Å². The number of ether oxygens (including phenoxy) is 2. The Labute approximate surface area is 141 Å². The highest BCUT2D eigenvalue weighted by Gasteiger charge is 2.55. The Morgan fingerprint density at radius 3 is 2.67 bits per heavy atom. The minimum absolute atomic E-state index is 0.0634. The second-order valence-corrected chi connectivity index (χ2v) is 6.22. The molecule has 2 aromatic carbocycles. The molecule has 4 rings (SSSR count). The summed E-state index contributed by atoms with van der Waals surface area (Å²) in [6, 6.07) is 13.7. The van der Waals surface area contributed by atoms with E-state index < -0.39 is 5.41 Å². The largest absolute Gasteiger partial charge is 0.493 e. The van der Waals surface area contributed by atoms with Crippen LogP contribution in [0.5, 0.6) is 11.5 Å². The van der Waals surface area contributed by atoms with Crippen molar-refractivity contribution in [1.29, 1.82) is 0 Å². The lowest BCUT2D eigenvalue weighted by molar-refractivity contribution is -0.121. The third-order valence-corrected chi connectivity index (χ3v) is 5.16. The van der Waals surface area contributed by atoms with Gasteiger partial charge in [-0.2, -0.15) is 0 Å². The molecule has 2 aliphatic rings. The number of carbonyl (C=O) groups excluding carboxylic acids is 1. The standard InChI is InChI=1S/C19H20N2O3/c1-23-15-8-7-12(11-16(15)24-2)17-19(9-10-20-17)13-5-3-4-6-14(13)21-18(19)22/h3-8,11,17,20H,9-10H2,1-2H3,(H,21,22)/t17-,19-/m1/s1. The molecule has 2 N–H and O–H groups in total. The summed E-state index contributed by atoms with van der Waals surface area (Å²) in [5, 5.41) is 6.55. The first-order chi connectivity index (χ1) is 11.7. The number of carbonyl (C=O) groups is 1. The summed E-state index contributed by atoms with van der Waals surface area (Å²) in [5.41, 5.74) is 2.43. The Balaban J connectivity index is 1.83. The van der Waals surface area contributed by atoms with Crippen molar-refractivity contribution < 1.29 is 14.3 Å². The van der Waals surface area contributed by atoms with Crippen LogP contribution >= 0.6 is 0 Å². The Kier molecular flexibility index (Phi) is 3.46. The SMILES string of the molecule is COc1ccc([C@H]2NCC[C@]23C(=O)Nc2ccccc23)cc1OC. The molecule has 5 nitrogen and oxygen atoms in total. The van der Waals surface area contributed by atoms with Crippen molar-refractivity contribution in [3.05, 3.63) is 53.6 Å². The van der Waals surface area contributed by atoms with Gasteiger partial charge in [0.05, 0.1) is 25.7 Å². The zero-order valence-electron chi connectivity index (χ0n) is 13.8. The Morgan fingerprint density at radius 2 is 1.88 bits per heavy atom. The average molecular weight is 324 g/mol. The maximum absolute atomic E-state index is 12.9. The molecule has 0 saturated carbocycles. The molecule has 124 valence electrons. The molecular weight excluding hydrogens is 304 g/mol.